The van der Waals surface area contributed by atoms with E-state index in [0.29, 0.717) is 17.1 Å². The van der Waals surface area contributed by atoms with E-state index in [0.717, 1.165) is 0 Å². The maximum atomic E-state index is 9.27. The number of hydrogen-bond donors (Lipinski definition) is 2. The Morgan fingerprint density at radius 3 is 2.44 bits per heavy atom. The predicted molar refractivity (Wildman–Crippen MR) is 60.5 cm³/mol. The van der Waals surface area contributed by atoms with Gasteiger partial charge >= 0.3 is 0 Å². The van der Waals surface area contributed by atoms with E-state index in [-0.39, 0.29) is 12.4 Å². The van der Waals surface area contributed by atoms with Crippen molar-refractivity contribution in [2.75, 3.05) is 0 Å². The van der Waals surface area contributed by atoms with Crippen molar-refractivity contribution >= 4 is 0 Å². The van der Waals surface area contributed by atoms with Crippen LogP contribution in [-0.2, 0) is 6.61 Å². The van der Waals surface area contributed by atoms with Crippen LogP contribution in [0.4, 0.5) is 0 Å². The normalized spacial score (nSPS) is 10.1. The van der Waals surface area contributed by atoms with Crippen LogP contribution in [0.15, 0.2) is 48.5 Å². The number of para-hydroxylation sites is 1. The number of rotatable bonds is 3. The van der Waals surface area contributed by atoms with Crippen molar-refractivity contribution in [3.63, 3.8) is 0 Å². The minimum atomic E-state index is -0.170. The summed E-state index contributed by atoms with van der Waals surface area (Å²) in [5.74, 6) is 1.36. The topological polar surface area (TPSA) is 49.7 Å². The molecule has 0 fully saturated rings. The molecular formula is C13H12O3. The molecule has 3 nitrogen and oxygen atoms in total. The van der Waals surface area contributed by atoms with Gasteiger partial charge in [-0.25, -0.2) is 0 Å². The lowest BCUT2D eigenvalue weighted by molar-refractivity contribution is 0.275. The van der Waals surface area contributed by atoms with Gasteiger partial charge in [-0.3, -0.25) is 0 Å². The first-order valence-electron chi connectivity index (χ1n) is 4.95. The van der Waals surface area contributed by atoms with Crippen LogP contribution in [0.1, 0.15) is 5.56 Å². The van der Waals surface area contributed by atoms with Crippen LogP contribution in [0.3, 0.4) is 0 Å². The average molecular weight is 216 g/mol. The van der Waals surface area contributed by atoms with Gasteiger partial charge in [-0.1, -0.05) is 18.2 Å². The van der Waals surface area contributed by atoms with Gasteiger partial charge in [0.15, 0.2) is 0 Å². The maximum absolute atomic E-state index is 9.27. The number of aromatic hydroxyl groups is 1. The second kappa shape index (κ2) is 4.68. The molecule has 0 aliphatic carbocycles. The fraction of sp³-hybridized carbons (Fsp3) is 0.0769. The van der Waals surface area contributed by atoms with Gasteiger partial charge in [0.25, 0.3) is 0 Å². The van der Waals surface area contributed by atoms with Crippen molar-refractivity contribution in [1.29, 1.82) is 0 Å². The molecule has 0 bridgehead atoms. The van der Waals surface area contributed by atoms with Crippen LogP contribution < -0.4 is 4.74 Å². The smallest absolute Gasteiger partial charge is 0.133 e. The fourth-order valence-corrected chi connectivity index (χ4v) is 1.40. The zero-order valence-corrected chi connectivity index (χ0v) is 8.63. The average Bonchev–Trinajstić information content (AvgIpc) is 2.33. The van der Waals surface area contributed by atoms with Crippen LogP contribution in [-0.4, -0.2) is 10.2 Å². The van der Waals surface area contributed by atoms with Crippen molar-refractivity contribution in [2.45, 2.75) is 6.61 Å². The summed E-state index contributed by atoms with van der Waals surface area (Å²) in [6.45, 7) is -0.170. The maximum Gasteiger partial charge on any atom is 0.133 e. The number of benzene rings is 2. The standard InChI is InChI=1S/C13H12O3/c14-9-10-8-11(15)6-7-13(10)16-12-4-2-1-3-5-12/h1-8,14-15H,9H2. The molecule has 0 unspecified atom stereocenters. The molecule has 0 amide bonds. The third-order valence-electron chi connectivity index (χ3n) is 2.19. The Kier molecular flexibility index (Phi) is 3.08. The lowest BCUT2D eigenvalue weighted by Gasteiger charge is -2.09. The zero-order valence-electron chi connectivity index (χ0n) is 8.63. The number of phenolic OH excluding ortho intramolecular Hbond substituents is 1. The third kappa shape index (κ3) is 2.32. The minimum Gasteiger partial charge on any atom is -0.508 e. The number of hydrogen-bond acceptors (Lipinski definition) is 3. The van der Waals surface area contributed by atoms with Gasteiger partial charge in [0, 0.05) is 5.56 Å². The first-order chi connectivity index (χ1) is 7.79. The van der Waals surface area contributed by atoms with Gasteiger partial charge < -0.3 is 14.9 Å². The number of phenols is 1. The molecule has 0 atom stereocenters. The zero-order chi connectivity index (χ0) is 11.4. The summed E-state index contributed by atoms with van der Waals surface area (Å²) in [7, 11) is 0. The van der Waals surface area contributed by atoms with E-state index in [2.05, 4.69) is 0 Å². The summed E-state index contributed by atoms with van der Waals surface area (Å²) in [5.41, 5.74) is 0.559. The van der Waals surface area contributed by atoms with Crippen molar-refractivity contribution in [1.82, 2.24) is 0 Å². The first kappa shape index (κ1) is 10.5. The van der Waals surface area contributed by atoms with Crippen molar-refractivity contribution < 1.29 is 14.9 Å². The largest absolute Gasteiger partial charge is 0.508 e. The minimum absolute atomic E-state index is 0.115. The van der Waals surface area contributed by atoms with Crippen LogP contribution in [0.5, 0.6) is 17.2 Å². The van der Waals surface area contributed by atoms with Gasteiger partial charge in [0.2, 0.25) is 0 Å². The van der Waals surface area contributed by atoms with E-state index in [9.17, 15) is 5.11 Å². The Labute approximate surface area is 93.6 Å². The highest BCUT2D eigenvalue weighted by molar-refractivity contribution is 5.41. The molecule has 2 rings (SSSR count). The molecule has 2 aromatic carbocycles. The van der Waals surface area contributed by atoms with Crippen molar-refractivity contribution in [3.8, 4) is 17.2 Å². The van der Waals surface area contributed by atoms with Crippen LogP contribution in [0.25, 0.3) is 0 Å². The molecule has 0 saturated carbocycles. The van der Waals surface area contributed by atoms with Gasteiger partial charge in [-0.2, -0.15) is 0 Å². The molecule has 3 heteroatoms. The van der Waals surface area contributed by atoms with Crippen molar-refractivity contribution in [3.05, 3.63) is 54.1 Å². The quantitative estimate of drug-likeness (QED) is 0.829. The second-order valence-electron chi connectivity index (χ2n) is 3.37. The van der Waals surface area contributed by atoms with E-state index >= 15 is 0 Å². The molecule has 0 spiro atoms. The highest BCUT2D eigenvalue weighted by Gasteiger charge is 2.04. The van der Waals surface area contributed by atoms with E-state index in [1.54, 1.807) is 6.07 Å². The summed E-state index contributed by atoms with van der Waals surface area (Å²) in [6, 6.07) is 13.9. The molecule has 16 heavy (non-hydrogen) atoms. The third-order valence-corrected chi connectivity index (χ3v) is 2.19. The van der Waals surface area contributed by atoms with Crippen LogP contribution >= 0.6 is 0 Å². The molecule has 0 saturated heterocycles. The Morgan fingerprint density at radius 1 is 1.00 bits per heavy atom. The lowest BCUT2D eigenvalue weighted by Crippen LogP contribution is -1.91. The molecular weight excluding hydrogens is 204 g/mol. The Hall–Kier alpha value is -2.00. The summed E-state index contributed by atoms with van der Waals surface area (Å²) in [4.78, 5) is 0. The Morgan fingerprint density at radius 2 is 1.75 bits per heavy atom. The lowest BCUT2D eigenvalue weighted by atomic mass is 10.2. The monoisotopic (exact) mass is 216 g/mol. The van der Waals surface area contributed by atoms with E-state index in [4.69, 9.17) is 9.84 Å². The molecule has 82 valence electrons. The molecule has 0 radical (unpaired) electrons. The van der Waals surface area contributed by atoms with E-state index in [1.165, 1.54) is 12.1 Å². The summed E-state index contributed by atoms with van der Waals surface area (Å²) < 4.78 is 5.58. The summed E-state index contributed by atoms with van der Waals surface area (Å²) in [6.07, 6.45) is 0. The molecule has 0 heterocycles. The molecule has 0 aromatic heterocycles. The number of aliphatic hydroxyl groups is 1. The predicted octanol–water partition coefficient (Wildman–Crippen LogP) is 2.68. The molecule has 2 aromatic rings. The van der Waals surface area contributed by atoms with Crippen LogP contribution in [0.2, 0.25) is 0 Å². The number of aliphatic hydroxyl groups excluding tert-OH is 1. The summed E-state index contributed by atoms with van der Waals surface area (Å²) in [5, 5.41) is 18.4. The van der Waals surface area contributed by atoms with E-state index < -0.39 is 0 Å². The highest BCUT2D eigenvalue weighted by atomic mass is 16.5. The van der Waals surface area contributed by atoms with Crippen molar-refractivity contribution in [2.24, 2.45) is 0 Å². The Bertz CT molecular complexity index is 466. The fourth-order valence-electron chi connectivity index (χ4n) is 1.40. The highest BCUT2D eigenvalue weighted by Crippen LogP contribution is 2.28. The summed E-state index contributed by atoms with van der Waals surface area (Å²) >= 11 is 0. The Balaban J connectivity index is 2.28. The molecule has 2 N–H and O–H groups in total. The second-order valence-corrected chi connectivity index (χ2v) is 3.37. The molecule has 0 aliphatic heterocycles. The molecule has 0 aliphatic rings. The first-order valence-corrected chi connectivity index (χ1v) is 4.95. The van der Waals surface area contributed by atoms with Gasteiger partial charge in [0.05, 0.1) is 6.61 Å². The van der Waals surface area contributed by atoms with Gasteiger partial charge in [-0.05, 0) is 30.3 Å². The van der Waals surface area contributed by atoms with Gasteiger partial charge in [0.1, 0.15) is 17.2 Å². The SMILES string of the molecule is OCc1cc(O)ccc1Oc1ccccc1. The van der Waals surface area contributed by atoms with Gasteiger partial charge in [-0.15, -0.1) is 0 Å². The van der Waals surface area contributed by atoms with E-state index in [1.807, 2.05) is 30.3 Å². The number of ether oxygens (including phenoxy) is 1. The van der Waals surface area contributed by atoms with Crippen LogP contribution in [0, 0.1) is 0 Å².